The zero-order valence-corrected chi connectivity index (χ0v) is 17.1. The molecular formula is C20H27N5O3. The second-order valence-electron chi connectivity index (χ2n) is 6.91. The molecule has 0 bridgehead atoms. The van der Waals surface area contributed by atoms with Crippen molar-refractivity contribution in [2.24, 2.45) is 0 Å². The highest BCUT2D eigenvalue weighted by Gasteiger charge is 2.24. The molecule has 0 aliphatic carbocycles. The van der Waals surface area contributed by atoms with Gasteiger partial charge in [0, 0.05) is 57.6 Å². The van der Waals surface area contributed by atoms with E-state index in [1.165, 1.54) is 0 Å². The summed E-state index contributed by atoms with van der Waals surface area (Å²) >= 11 is 0. The summed E-state index contributed by atoms with van der Waals surface area (Å²) in [5, 5.41) is 0. The van der Waals surface area contributed by atoms with Crippen LogP contribution in [0.2, 0.25) is 0 Å². The van der Waals surface area contributed by atoms with E-state index in [4.69, 9.17) is 9.47 Å². The van der Waals surface area contributed by atoms with Gasteiger partial charge >= 0.3 is 0 Å². The van der Waals surface area contributed by atoms with Gasteiger partial charge in [-0.05, 0) is 25.1 Å². The Balaban J connectivity index is 1.69. The van der Waals surface area contributed by atoms with Crippen molar-refractivity contribution in [3.8, 4) is 11.5 Å². The van der Waals surface area contributed by atoms with Crippen LogP contribution in [0.4, 0.5) is 11.8 Å². The fraction of sp³-hybridized carbons (Fsp3) is 0.450. The topological polar surface area (TPSA) is 71.0 Å². The normalized spacial score (nSPS) is 14.0. The average molecular weight is 385 g/mol. The van der Waals surface area contributed by atoms with Crippen molar-refractivity contribution in [1.82, 2.24) is 14.9 Å². The minimum Gasteiger partial charge on any atom is -0.493 e. The maximum Gasteiger partial charge on any atom is 0.254 e. The van der Waals surface area contributed by atoms with Gasteiger partial charge in [-0.25, -0.2) is 4.98 Å². The molecule has 1 aliphatic rings. The Hall–Kier alpha value is -3.03. The van der Waals surface area contributed by atoms with Crippen molar-refractivity contribution in [3.05, 3.63) is 35.5 Å². The van der Waals surface area contributed by atoms with Gasteiger partial charge in [0.2, 0.25) is 5.95 Å². The summed E-state index contributed by atoms with van der Waals surface area (Å²) in [6, 6.07) is 7.20. The Morgan fingerprint density at radius 1 is 1.00 bits per heavy atom. The molecule has 0 N–H and O–H groups in total. The Labute approximate surface area is 165 Å². The van der Waals surface area contributed by atoms with E-state index >= 15 is 0 Å². The molecule has 1 fully saturated rings. The quantitative estimate of drug-likeness (QED) is 0.778. The van der Waals surface area contributed by atoms with Crippen molar-refractivity contribution < 1.29 is 14.3 Å². The molecular weight excluding hydrogens is 358 g/mol. The second-order valence-corrected chi connectivity index (χ2v) is 6.91. The molecule has 1 aromatic heterocycles. The number of ether oxygens (including phenoxy) is 2. The van der Waals surface area contributed by atoms with Crippen molar-refractivity contribution in [2.75, 3.05) is 64.3 Å². The minimum atomic E-state index is -0.0141. The monoisotopic (exact) mass is 385 g/mol. The van der Waals surface area contributed by atoms with Gasteiger partial charge in [0.1, 0.15) is 5.82 Å². The molecule has 0 unspecified atom stereocenters. The summed E-state index contributed by atoms with van der Waals surface area (Å²) < 4.78 is 10.5. The minimum absolute atomic E-state index is 0.0141. The number of carbonyl (C=O) groups excluding carboxylic acids is 1. The number of nitrogens with zero attached hydrogens (tertiary/aromatic N) is 5. The van der Waals surface area contributed by atoms with Crippen LogP contribution in [0.15, 0.2) is 24.3 Å². The molecule has 1 aliphatic heterocycles. The SMILES string of the molecule is COc1ccc(C(=O)N2CCN(c3nc(C)cc(N(C)C)n3)CC2)cc1OC. The number of anilines is 2. The Morgan fingerprint density at radius 3 is 2.29 bits per heavy atom. The molecule has 0 atom stereocenters. The van der Waals surface area contributed by atoms with E-state index in [-0.39, 0.29) is 5.91 Å². The van der Waals surface area contributed by atoms with E-state index in [1.54, 1.807) is 32.4 Å². The van der Waals surface area contributed by atoms with E-state index in [9.17, 15) is 4.79 Å². The van der Waals surface area contributed by atoms with Crippen LogP contribution >= 0.6 is 0 Å². The molecule has 8 nitrogen and oxygen atoms in total. The molecule has 0 radical (unpaired) electrons. The zero-order valence-electron chi connectivity index (χ0n) is 17.1. The number of piperazine rings is 1. The van der Waals surface area contributed by atoms with Gasteiger partial charge in [0.15, 0.2) is 11.5 Å². The molecule has 3 rings (SSSR count). The lowest BCUT2D eigenvalue weighted by atomic mass is 10.1. The molecule has 0 saturated carbocycles. The Morgan fingerprint density at radius 2 is 1.68 bits per heavy atom. The maximum absolute atomic E-state index is 12.9. The first-order valence-electron chi connectivity index (χ1n) is 9.22. The number of rotatable bonds is 5. The van der Waals surface area contributed by atoms with Crippen molar-refractivity contribution >= 4 is 17.7 Å². The van der Waals surface area contributed by atoms with E-state index in [0.717, 1.165) is 11.5 Å². The molecule has 150 valence electrons. The summed E-state index contributed by atoms with van der Waals surface area (Å²) in [5.41, 5.74) is 1.52. The Bertz CT molecular complexity index is 848. The molecule has 8 heteroatoms. The van der Waals surface area contributed by atoms with Gasteiger partial charge in [0.05, 0.1) is 14.2 Å². The number of aryl methyl sites for hydroxylation is 1. The van der Waals surface area contributed by atoms with Crippen LogP contribution < -0.4 is 19.3 Å². The predicted molar refractivity (Wildman–Crippen MR) is 109 cm³/mol. The zero-order chi connectivity index (χ0) is 20.3. The molecule has 2 aromatic rings. The van der Waals surface area contributed by atoms with Crippen LogP contribution in [-0.4, -0.2) is 75.3 Å². The van der Waals surface area contributed by atoms with Crippen LogP contribution in [0, 0.1) is 6.92 Å². The Kier molecular flexibility index (Phi) is 5.87. The molecule has 1 saturated heterocycles. The molecule has 2 heterocycles. The smallest absolute Gasteiger partial charge is 0.254 e. The molecule has 0 spiro atoms. The van der Waals surface area contributed by atoms with Crippen LogP contribution in [0.5, 0.6) is 11.5 Å². The highest BCUT2D eigenvalue weighted by atomic mass is 16.5. The number of amides is 1. The van der Waals surface area contributed by atoms with Gasteiger partial charge in [-0.3, -0.25) is 4.79 Å². The third kappa shape index (κ3) is 4.11. The van der Waals surface area contributed by atoms with Gasteiger partial charge in [-0.1, -0.05) is 0 Å². The standard InChI is InChI=1S/C20H27N5O3/c1-14-12-18(23(2)3)22-20(21-14)25-10-8-24(9-11-25)19(26)15-6-7-16(27-4)17(13-15)28-5/h6-7,12-13H,8-11H2,1-5H3. The summed E-state index contributed by atoms with van der Waals surface area (Å²) in [6.45, 7) is 4.57. The summed E-state index contributed by atoms with van der Waals surface area (Å²) in [5.74, 6) is 2.74. The van der Waals surface area contributed by atoms with Crippen LogP contribution in [0.3, 0.4) is 0 Å². The lowest BCUT2D eigenvalue weighted by molar-refractivity contribution is 0.0745. The average Bonchev–Trinajstić information content (AvgIpc) is 2.72. The van der Waals surface area contributed by atoms with Crippen LogP contribution in [0.25, 0.3) is 0 Å². The van der Waals surface area contributed by atoms with E-state index in [2.05, 4.69) is 14.9 Å². The third-order valence-corrected chi connectivity index (χ3v) is 4.77. The fourth-order valence-electron chi connectivity index (χ4n) is 3.17. The van der Waals surface area contributed by atoms with Gasteiger partial charge in [-0.2, -0.15) is 4.98 Å². The first-order valence-corrected chi connectivity index (χ1v) is 9.22. The van der Waals surface area contributed by atoms with E-state index in [0.29, 0.717) is 49.2 Å². The lowest BCUT2D eigenvalue weighted by Crippen LogP contribution is -2.49. The van der Waals surface area contributed by atoms with Crippen LogP contribution in [0.1, 0.15) is 16.1 Å². The number of hydrogen-bond acceptors (Lipinski definition) is 7. The highest BCUT2D eigenvalue weighted by molar-refractivity contribution is 5.95. The molecule has 1 amide bonds. The molecule has 1 aromatic carbocycles. The first-order chi connectivity index (χ1) is 13.4. The summed E-state index contributed by atoms with van der Waals surface area (Å²) in [6.07, 6.45) is 0. The number of aromatic nitrogens is 2. The number of methoxy groups -OCH3 is 2. The van der Waals surface area contributed by atoms with Crippen LogP contribution in [-0.2, 0) is 0 Å². The fourth-order valence-corrected chi connectivity index (χ4v) is 3.17. The number of carbonyl (C=O) groups is 1. The van der Waals surface area contributed by atoms with Crippen molar-refractivity contribution in [2.45, 2.75) is 6.92 Å². The summed E-state index contributed by atoms with van der Waals surface area (Å²) in [4.78, 5) is 28.0. The number of hydrogen-bond donors (Lipinski definition) is 0. The van der Waals surface area contributed by atoms with E-state index in [1.807, 2.05) is 36.9 Å². The largest absolute Gasteiger partial charge is 0.493 e. The van der Waals surface area contributed by atoms with Gasteiger partial charge < -0.3 is 24.2 Å². The van der Waals surface area contributed by atoms with Crippen molar-refractivity contribution in [1.29, 1.82) is 0 Å². The third-order valence-electron chi connectivity index (χ3n) is 4.77. The van der Waals surface area contributed by atoms with E-state index < -0.39 is 0 Å². The van der Waals surface area contributed by atoms with Gasteiger partial charge in [-0.15, -0.1) is 0 Å². The summed E-state index contributed by atoms with van der Waals surface area (Å²) in [7, 11) is 7.07. The lowest BCUT2D eigenvalue weighted by Gasteiger charge is -2.35. The first kappa shape index (κ1) is 19.7. The van der Waals surface area contributed by atoms with Gasteiger partial charge in [0.25, 0.3) is 5.91 Å². The molecule has 28 heavy (non-hydrogen) atoms. The maximum atomic E-state index is 12.9. The number of benzene rings is 1. The second kappa shape index (κ2) is 8.33. The predicted octanol–water partition coefficient (Wildman–Crippen LogP) is 1.83. The van der Waals surface area contributed by atoms with Crippen molar-refractivity contribution in [3.63, 3.8) is 0 Å². The highest BCUT2D eigenvalue weighted by Crippen LogP contribution is 2.28.